The zero-order valence-electron chi connectivity index (χ0n) is 12.9. The average molecular weight is 323 g/mol. The Bertz CT molecular complexity index is 532. The van der Waals surface area contributed by atoms with Crippen molar-refractivity contribution in [3.63, 3.8) is 0 Å². The number of halogens is 1. The Morgan fingerprint density at radius 1 is 1.32 bits per heavy atom. The lowest BCUT2D eigenvalue weighted by Crippen LogP contribution is -2.46. The first-order chi connectivity index (χ1) is 10.6. The summed E-state index contributed by atoms with van der Waals surface area (Å²) in [6, 6.07) is 7.29. The number of fused-ring (bicyclic) bond motifs is 2. The van der Waals surface area contributed by atoms with Gasteiger partial charge in [0.25, 0.3) is 0 Å². The van der Waals surface area contributed by atoms with Crippen LogP contribution in [0.1, 0.15) is 19.3 Å². The van der Waals surface area contributed by atoms with Gasteiger partial charge in [0.1, 0.15) is 12.4 Å². The molecule has 2 bridgehead atoms. The summed E-state index contributed by atoms with van der Waals surface area (Å²) in [5, 5.41) is 0.685. The summed E-state index contributed by atoms with van der Waals surface area (Å²) in [5.74, 6) is 2.00. The van der Waals surface area contributed by atoms with Gasteiger partial charge in [0.05, 0.1) is 12.5 Å². The third-order valence-electron chi connectivity index (χ3n) is 5.15. The Balaban J connectivity index is 1.48. The first-order valence-electron chi connectivity index (χ1n) is 7.95. The van der Waals surface area contributed by atoms with E-state index in [0.29, 0.717) is 30.0 Å². The highest BCUT2D eigenvalue weighted by Crippen LogP contribution is 2.48. The second-order valence-electron chi connectivity index (χ2n) is 6.50. The molecule has 0 aliphatic heterocycles. The standard InChI is InChI=1S/C17H23ClN2O2/c1-20(8-9-22-14-6-4-13(18)5-7-14)17(21)15-11-2-3-12(10-11)16(15)19/h4-7,11-12,15-16H,2-3,8-10,19H2,1H3. The van der Waals surface area contributed by atoms with E-state index < -0.39 is 0 Å². The van der Waals surface area contributed by atoms with Gasteiger partial charge >= 0.3 is 0 Å². The van der Waals surface area contributed by atoms with Gasteiger partial charge in [-0.2, -0.15) is 0 Å². The van der Waals surface area contributed by atoms with Gasteiger partial charge in [-0.05, 0) is 55.4 Å². The molecule has 0 aromatic heterocycles. The van der Waals surface area contributed by atoms with Crippen molar-refractivity contribution in [1.29, 1.82) is 0 Å². The number of likely N-dealkylation sites (N-methyl/N-ethyl adjacent to an activating group) is 1. The molecular weight excluding hydrogens is 300 g/mol. The molecule has 1 amide bonds. The fourth-order valence-corrected chi connectivity index (χ4v) is 4.02. The maximum absolute atomic E-state index is 12.6. The van der Waals surface area contributed by atoms with Crippen LogP contribution in [0.4, 0.5) is 0 Å². The van der Waals surface area contributed by atoms with Gasteiger partial charge < -0.3 is 15.4 Å². The van der Waals surface area contributed by atoms with E-state index in [1.165, 1.54) is 6.42 Å². The van der Waals surface area contributed by atoms with Crippen molar-refractivity contribution in [2.45, 2.75) is 25.3 Å². The van der Waals surface area contributed by atoms with Gasteiger partial charge in [-0.1, -0.05) is 11.6 Å². The highest BCUT2D eigenvalue weighted by atomic mass is 35.5. The van der Waals surface area contributed by atoms with E-state index in [0.717, 1.165) is 18.6 Å². The molecule has 22 heavy (non-hydrogen) atoms. The fraction of sp³-hybridized carbons (Fsp3) is 0.588. The summed E-state index contributed by atoms with van der Waals surface area (Å²) in [6.07, 6.45) is 3.48. The van der Waals surface area contributed by atoms with Crippen molar-refractivity contribution in [3.05, 3.63) is 29.3 Å². The molecule has 0 radical (unpaired) electrons. The molecule has 2 fully saturated rings. The lowest BCUT2D eigenvalue weighted by atomic mass is 9.84. The van der Waals surface area contributed by atoms with Crippen LogP contribution in [-0.4, -0.2) is 37.0 Å². The van der Waals surface area contributed by atoms with Crippen LogP contribution in [0.15, 0.2) is 24.3 Å². The first-order valence-corrected chi connectivity index (χ1v) is 8.33. The Kier molecular flexibility index (Phi) is 4.59. The highest BCUT2D eigenvalue weighted by Gasteiger charge is 2.49. The van der Waals surface area contributed by atoms with E-state index in [-0.39, 0.29) is 17.9 Å². The van der Waals surface area contributed by atoms with Gasteiger partial charge in [0.2, 0.25) is 5.91 Å². The Morgan fingerprint density at radius 2 is 2.00 bits per heavy atom. The zero-order chi connectivity index (χ0) is 15.7. The second kappa shape index (κ2) is 6.47. The van der Waals surface area contributed by atoms with Gasteiger partial charge in [-0.25, -0.2) is 0 Å². The van der Waals surface area contributed by atoms with Gasteiger partial charge in [0.15, 0.2) is 0 Å². The van der Waals surface area contributed by atoms with E-state index in [1.807, 2.05) is 19.2 Å². The molecule has 2 N–H and O–H groups in total. The molecule has 3 rings (SSSR count). The fourth-order valence-electron chi connectivity index (χ4n) is 3.90. The number of nitrogens with two attached hydrogens (primary N) is 1. The number of carbonyl (C=O) groups is 1. The minimum absolute atomic E-state index is 0.0132. The number of hydrogen-bond donors (Lipinski definition) is 1. The minimum atomic E-state index is 0.0132. The number of ether oxygens (including phenoxy) is 1. The molecule has 5 heteroatoms. The summed E-state index contributed by atoms with van der Waals surface area (Å²) in [7, 11) is 1.84. The van der Waals surface area contributed by atoms with Crippen molar-refractivity contribution in [1.82, 2.24) is 4.90 Å². The van der Waals surface area contributed by atoms with Crippen molar-refractivity contribution in [2.24, 2.45) is 23.5 Å². The third-order valence-corrected chi connectivity index (χ3v) is 5.40. The minimum Gasteiger partial charge on any atom is -0.492 e. The first kappa shape index (κ1) is 15.6. The van der Waals surface area contributed by atoms with E-state index >= 15 is 0 Å². The second-order valence-corrected chi connectivity index (χ2v) is 6.93. The van der Waals surface area contributed by atoms with Crippen LogP contribution in [0, 0.1) is 17.8 Å². The zero-order valence-corrected chi connectivity index (χ0v) is 13.6. The largest absolute Gasteiger partial charge is 0.492 e. The molecular formula is C17H23ClN2O2. The lowest BCUT2D eigenvalue weighted by molar-refractivity contribution is -0.136. The highest BCUT2D eigenvalue weighted by molar-refractivity contribution is 6.30. The average Bonchev–Trinajstić information content (AvgIpc) is 3.09. The van der Waals surface area contributed by atoms with E-state index in [1.54, 1.807) is 17.0 Å². The number of nitrogens with zero attached hydrogens (tertiary/aromatic N) is 1. The van der Waals surface area contributed by atoms with Crippen molar-refractivity contribution in [3.8, 4) is 5.75 Å². The van der Waals surface area contributed by atoms with Gasteiger partial charge in [0, 0.05) is 18.1 Å². The quantitative estimate of drug-likeness (QED) is 0.906. The Labute approximate surface area is 136 Å². The van der Waals surface area contributed by atoms with Gasteiger partial charge in [-0.3, -0.25) is 4.79 Å². The van der Waals surface area contributed by atoms with Crippen molar-refractivity contribution >= 4 is 17.5 Å². The molecule has 4 atom stereocenters. The summed E-state index contributed by atoms with van der Waals surface area (Å²) in [6.45, 7) is 1.04. The summed E-state index contributed by atoms with van der Waals surface area (Å²) in [5.41, 5.74) is 6.25. The van der Waals surface area contributed by atoms with E-state index in [4.69, 9.17) is 22.1 Å². The predicted octanol–water partition coefficient (Wildman–Crippen LogP) is 2.55. The normalized spacial score (nSPS) is 29.6. The maximum Gasteiger partial charge on any atom is 0.227 e. The molecule has 2 aliphatic carbocycles. The van der Waals surface area contributed by atoms with Crippen molar-refractivity contribution in [2.75, 3.05) is 20.2 Å². The van der Waals surface area contributed by atoms with Crippen LogP contribution < -0.4 is 10.5 Å². The number of benzene rings is 1. The Hall–Kier alpha value is -1.26. The van der Waals surface area contributed by atoms with Crippen LogP contribution >= 0.6 is 11.6 Å². The topological polar surface area (TPSA) is 55.6 Å². The number of amides is 1. The smallest absolute Gasteiger partial charge is 0.227 e. The van der Waals surface area contributed by atoms with Gasteiger partial charge in [-0.15, -0.1) is 0 Å². The predicted molar refractivity (Wildman–Crippen MR) is 86.9 cm³/mol. The number of hydrogen-bond acceptors (Lipinski definition) is 3. The van der Waals surface area contributed by atoms with Crippen LogP contribution in [0.3, 0.4) is 0 Å². The van der Waals surface area contributed by atoms with Crippen LogP contribution in [0.2, 0.25) is 5.02 Å². The number of carbonyl (C=O) groups excluding carboxylic acids is 1. The maximum atomic E-state index is 12.6. The third kappa shape index (κ3) is 3.08. The van der Waals surface area contributed by atoms with Crippen LogP contribution in [0.25, 0.3) is 0 Å². The number of rotatable bonds is 5. The molecule has 1 aromatic rings. The van der Waals surface area contributed by atoms with Crippen molar-refractivity contribution < 1.29 is 9.53 Å². The molecule has 0 spiro atoms. The molecule has 4 unspecified atom stereocenters. The van der Waals surface area contributed by atoms with E-state index in [2.05, 4.69) is 0 Å². The summed E-state index contributed by atoms with van der Waals surface area (Å²) >= 11 is 5.83. The van der Waals surface area contributed by atoms with Crippen LogP contribution in [0.5, 0.6) is 5.75 Å². The molecule has 2 aliphatic rings. The summed E-state index contributed by atoms with van der Waals surface area (Å²) in [4.78, 5) is 14.4. The molecule has 1 aromatic carbocycles. The SMILES string of the molecule is CN(CCOc1ccc(Cl)cc1)C(=O)C1C2CCC(C2)C1N. The van der Waals surface area contributed by atoms with E-state index in [9.17, 15) is 4.79 Å². The molecule has 4 nitrogen and oxygen atoms in total. The molecule has 0 heterocycles. The summed E-state index contributed by atoms with van der Waals surface area (Å²) < 4.78 is 5.65. The lowest BCUT2D eigenvalue weighted by Gasteiger charge is -2.30. The molecule has 2 saturated carbocycles. The molecule has 0 saturated heterocycles. The molecule has 120 valence electrons. The van der Waals surface area contributed by atoms with Crippen LogP contribution in [-0.2, 0) is 4.79 Å². The Morgan fingerprint density at radius 3 is 2.64 bits per heavy atom. The monoisotopic (exact) mass is 322 g/mol.